The zero-order chi connectivity index (χ0) is 27.7. The molecule has 0 atom stereocenters. The molecule has 1 amide bonds. The van der Waals surface area contributed by atoms with E-state index in [9.17, 15) is 18.4 Å². The number of nitrogens with zero attached hydrogens (tertiary/aromatic N) is 1. The number of thiazole rings is 1. The summed E-state index contributed by atoms with van der Waals surface area (Å²) in [6, 6.07) is 7.31. The van der Waals surface area contributed by atoms with Gasteiger partial charge in [0.15, 0.2) is 5.13 Å². The molecule has 0 saturated carbocycles. The average molecular weight is 547 g/mol. The summed E-state index contributed by atoms with van der Waals surface area (Å²) >= 11 is 1.14. The maximum absolute atomic E-state index is 14.5. The van der Waals surface area contributed by atoms with Gasteiger partial charge in [-0.1, -0.05) is 25.5 Å². The molecule has 11 heteroatoms. The Morgan fingerprint density at radius 2 is 1.89 bits per heavy atom. The number of hydrogen-bond donors (Lipinski definition) is 2. The molecule has 0 unspecified atom stereocenters. The summed E-state index contributed by atoms with van der Waals surface area (Å²) in [7, 11) is 2.64. The molecule has 2 N–H and O–H groups in total. The Kier molecular flexibility index (Phi) is 10.3. The van der Waals surface area contributed by atoms with E-state index in [1.165, 1.54) is 0 Å². The molecule has 0 aliphatic rings. The van der Waals surface area contributed by atoms with Crippen molar-refractivity contribution in [3.8, 4) is 17.0 Å². The van der Waals surface area contributed by atoms with E-state index in [-0.39, 0.29) is 10.7 Å². The van der Waals surface area contributed by atoms with Gasteiger partial charge < -0.3 is 19.3 Å². The molecule has 0 aliphatic heterocycles. The van der Waals surface area contributed by atoms with Crippen LogP contribution in [0.3, 0.4) is 0 Å². The summed E-state index contributed by atoms with van der Waals surface area (Å²) < 4.78 is 45.0. The number of anilines is 1. The summed E-state index contributed by atoms with van der Waals surface area (Å²) in [5.41, 5.74) is 1.32. The fourth-order valence-corrected chi connectivity index (χ4v) is 4.28. The van der Waals surface area contributed by atoms with Crippen LogP contribution in [0.15, 0.2) is 41.5 Å². The fraction of sp³-hybridized carbons (Fsp3) is 0.296. The number of carbonyl (C=O) groups excluding carboxylic acids is 1. The van der Waals surface area contributed by atoms with Gasteiger partial charge in [0.1, 0.15) is 17.4 Å². The maximum Gasteiger partial charge on any atom is 0.371 e. The number of benzene rings is 2. The third kappa shape index (κ3) is 7.14. The molecule has 0 aliphatic carbocycles. The highest BCUT2D eigenvalue weighted by atomic mass is 32.1. The Balaban J connectivity index is 1.77. The molecule has 1 heterocycles. The smallest absolute Gasteiger partial charge is 0.371 e. The molecule has 0 saturated heterocycles. The van der Waals surface area contributed by atoms with E-state index >= 15 is 0 Å². The first kappa shape index (κ1) is 28.7. The van der Waals surface area contributed by atoms with Crippen molar-refractivity contribution in [1.29, 1.82) is 0 Å². The zero-order valence-electron chi connectivity index (χ0n) is 21.2. The van der Waals surface area contributed by atoms with Crippen LogP contribution in [0.5, 0.6) is 5.75 Å². The van der Waals surface area contributed by atoms with E-state index in [0.717, 1.165) is 54.5 Å². The lowest BCUT2D eigenvalue weighted by Gasteiger charge is -2.12. The number of nitrogens with one attached hydrogen (secondary N) is 1. The van der Waals surface area contributed by atoms with Gasteiger partial charge >= 0.3 is 5.97 Å². The summed E-state index contributed by atoms with van der Waals surface area (Å²) in [5.74, 6) is -4.51. The minimum absolute atomic E-state index is 0.220. The number of aliphatic carboxylic acids is 1. The Morgan fingerprint density at radius 3 is 2.53 bits per heavy atom. The number of halogens is 2. The van der Waals surface area contributed by atoms with E-state index in [1.807, 2.05) is 18.2 Å². The van der Waals surface area contributed by atoms with Gasteiger partial charge in [-0.25, -0.2) is 18.6 Å². The topological polar surface area (TPSA) is 107 Å². The van der Waals surface area contributed by atoms with Crippen molar-refractivity contribution in [1.82, 2.24) is 4.98 Å². The summed E-state index contributed by atoms with van der Waals surface area (Å²) in [5, 5.41) is 13.5. The first-order chi connectivity index (χ1) is 18.3. The second kappa shape index (κ2) is 13.6. The van der Waals surface area contributed by atoms with Crippen LogP contribution >= 0.6 is 11.3 Å². The highest BCUT2D eigenvalue weighted by molar-refractivity contribution is 7.14. The number of carbonyl (C=O) groups is 2. The van der Waals surface area contributed by atoms with Crippen LogP contribution in [0.1, 0.15) is 41.3 Å². The Bertz CT molecular complexity index is 1300. The highest BCUT2D eigenvalue weighted by Crippen LogP contribution is 2.35. The lowest BCUT2D eigenvalue weighted by Crippen LogP contribution is -2.13. The number of aromatic nitrogens is 1. The number of hydrogen-bond acceptors (Lipinski definition) is 7. The number of unbranched alkanes of at least 4 members (excludes halogenated alkanes) is 1. The van der Waals surface area contributed by atoms with Crippen molar-refractivity contribution in [3.05, 3.63) is 69.8 Å². The Labute approximate surface area is 222 Å². The maximum atomic E-state index is 14.5. The number of methoxy groups -OCH3 is 2. The van der Waals surface area contributed by atoms with Gasteiger partial charge in [0.2, 0.25) is 5.76 Å². The van der Waals surface area contributed by atoms with Crippen LogP contribution < -0.4 is 10.1 Å². The summed E-state index contributed by atoms with van der Waals surface area (Å²) in [4.78, 5) is 28.2. The van der Waals surface area contributed by atoms with Crippen molar-refractivity contribution < 1.29 is 37.7 Å². The number of rotatable bonds is 13. The van der Waals surface area contributed by atoms with Crippen LogP contribution in [0.2, 0.25) is 0 Å². The lowest BCUT2D eigenvalue weighted by atomic mass is 10.0. The van der Waals surface area contributed by atoms with Gasteiger partial charge in [-0.3, -0.25) is 10.1 Å². The standard InChI is InChI=1S/C27H28F2N2O6S/c1-4-5-10-37-11-9-16-7-6-8-18(24(16)36-3)22-15-38-27(30-22)31-25(32)17-12-20(28)19(21(29)13-17)14-23(35-2)26(33)34/h6-8,12-15H,4-5,9-11H2,1-3H3,(H,33,34)(H,30,31,32)/b23-14+. The van der Waals surface area contributed by atoms with Gasteiger partial charge in [-0.2, -0.15) is 0 Å². The second-order valence-electron chi connectivity index (χ2n) is 8.08. The lowest BCUT2D eigenvalue weighted by molar-refractivity contribution is -0.135. The van der Waals surface area contributed by atoms with E-state index in [4.69, 9.17) is 14.6 Å². The predicted octanol–water partition coefficient (Wildman–Crippen LogP) is 5.78. The molecule has 8 nitrogen and oxygen atoms in total. The molecule has 38 heavy (non-hydrogen) atoms. The zero-order valence-corrected chi connectivity index (χ0v) is 22.0. The number of amides is 1. The van der Waals surface area contributed by atoms with Crippen molar-refractivity contribution in [2.75, 3.05) is 32.8 Å². The van der Waals surface area contributed by atoms with Crippen LogP contribution in [-0.4, -0.2) is 49.4 Å². The molecule has 1 aromatic heterocycles. The molecular weight excluding hydrogens is 518 g/mol. The van der Waals surface area contributed by atoms with Crippen LogP contribution in [0.4, 0.5) is 13.9 Å². The minimum atomic E-state index is -1.49. The minimum Gasteiger partial charge on any atom is -0.496 e. The summed E-state index contributed by atoms with van der Waals surface area (Å²) in [6.45, 7) is 3.37. The first-order valence-electron chi connectivity index (χ1n) is 11.8. The van der Waals surface area contributed by atoms with Gasteiger partial charge in [0, 0.05) is 34.8 Å². The number of carboxylic acid groups (broad SMARTS) is 1. The van der Waals surface area contributed by atoms with E-state index < -0.39 is 34.8 Å². The average Bonchev–Trinajstić information content (AvgIpc) is 3.35. The molecule has 0 radical (unpaired) electrons. The summed E-state index contributed by atoms with van der Waals surface area (Å²) in [6.07, 6.45) is 3.44. The third-order valence-electron chi connectivity index (χ3n) is 5.51. The monoisotopic (exact) mass is 546 g/mol. The number of ether oxygens (including phenoxy) is 3. The number of para-hydroxylation sites is 1. The van der Waals surface area contributed by atoms with Gasteiger partial charge in [0.25, 0.3) is 5.91 Å². The van der Waals surface area contributed by atoms with Gasteiger partial charge in [-0.05, 0) is 36.6 Å². The Hall–Kier alpha value is -3.83. The van der Waals surface area contributed by atoms with Crippen molar-refractivity contribution >= 4 is 34.4 Å². The number of carboxylic acids is 1. The van der Waals surface area contributed by atoms with E-state index in [0.29, 0.717) is 37.2 Å². The molecule has 3 aromatic rings. The molecular formula is C27H28F2N2O6S. The van der Waals surface area contributed by atoms with Crippen molar-refractivity contribution in [3.63, 3.8) is 0 Å². The highest BCUT2D eigenvalue weighted by Gasteiger charge is 2.19. The van der Waals surface area contributed by atoms with Crippen LogP contribution in [0, 0.1) is 11.6 Å². The van der Waals surface area contributed by atoms with Crippen molar-refractivity contribution in [2.24, 2.45) is 0 Å². The molecule has 0 spiro atoms. The van der Waals surface area contributed by atoms with E-state index in [2.05, 4.69) is 22.0 Å². The van der Waals surface area contributed by atoms with Gasteiger partial charge in [-0.15, -0.1) is 11.3 Å². The van der Waals surface area contributed by atoms with Gasteiger partial charge in [0.05, 0.1) is 26.5 Å². The molecule has 0 fully saturated rings. The van der Waals surface area contributed by atoms with E-state index in [1.54, 1.807) is 12.5 Å². The Morgan fingerprint density at radius 1 is 1.16 bits per heavy atom. The third-order valence-corrected chi connectivity index (χ3v) is 6.26. The fourth-order valence-electron chi connectivity index (χ4n) is 3.57. The SMILES string of the molecule is CCCCOCCc1cccc(-c2csc(NC(=O)c3cc(F)c(/C=C(/OC)C(=O)O)c(F)c3)n2)c1OC. The second-order valence-corrected chi connectivity index (χ2v) is 8.94. The molecule has 2 aromatic carbocycles. The normalized spacial score (nSPS) is 11.3. The molecule has 3 rings (SSSR count). The molecule has 0 bridgehead atoms. The predicted molar refractivity (Wildman–Crippen MR) is 140 cm³/mol. The first-order valence-corrected chi connectivity index (χ1v) is 12.7. The van der Waals surface area contributed by atoms with Crippen molar-refractivity contribution in [2.45, 2.75) is 26.2 Å². The van der Waals surface area contributed by atoms with Crippen LogP contribution in [0.25, 0.3) is 17.3 Å². The largest absolute Gasteiger partial charge is 0.496 e. The quantitative estimate of drug-likeness (QED) is 0.159. The van der Waals surface area contributed by atoms with Crippen LogP contribution in [-0.2, 0) is 20.7 Å². The molecule has 202 valence electrons.